The minimum atomic E-state index is -5.68. The maximum Gasteiger partial charge on any atom is 0.200 e. The summed E-state index contributed by atoms with van der Waals surface area (Å²) in [5, 5.41) is -3.06. The van der Waals surface area contributed by atoms with Crippen LogP contribution in [0.15, 0.2) is 0 Å². The Morgan fingerprint density at radius 1 is 0.396 bits per heavy atom. The summed E-state index contributed by atoms with van der Waals surface area (Å²) in [7, 11) is -3.34. The molecule has 1 unspecified atom stereocenters. The molecule has 0 saturated heterocycles. The van der Waals surface area contributed by atoms with Gasteiger partial charge in [-0.1, -0.05) is 13.3 Å². The van der Waals surface area contributed by atoms with Crippen molar-refractivity contribution in [3.63, 3.8) is 0 Å². The van der Waals surface area contributed by atoms with Gasteiger partial charge in [-0.15, -0.1) is 22.7 Å². The van der Waals surface area contributed by atoms with E-state index >= 15 is 52.7 Å². The maximum atomic E-state index is 16.3. The van der Waals surface area contributed by atoms with Crippen LogP contribution in [0.2, 0.25) is 6.32 Å². The first-order chi connectivity index (χ1) is 23.9. The lowest BCUT2D eigenvalue weighted by atomic mass is 9.13. The molecule has 0 aromatic heterocycles. The van der Waals surface area contributed by atoms with E-state index in [0.29, 0.717) is 0 Å². The molecular formula is C36H39BF15P. The Morgan fingerprint density at radius 3 is 0.792 bits per heavy atom. The molecule has 0 bridgehead atoms. The Bertz CT molecular complexity index is 1630. The molecule has 0 radical (unpaired) electrons. The van der Waals surface area contributed by atoms with Crippen molar-refractivity contribution >= 4 is 29.8 Å². The van der Waals surface area contributed by atoms with Crippen molar-refractivity contribution in [2.24, 2.45) is 0 Å². The van der Waals surface area contributed by atoms with Gasteiger partial charge in [0.15, 0.2) is 52.4 Å². The summed E-state index contributed by atoms with van der Waals surface area (Å²) in [6.07, 6.45) is -7.16. The molecule has 3 aromatic carbocycles. The lowest BCUT2D eigenvalue weighted by Crippen LogP contribution is -2.74. The summed E-state index contributed by atoms with van der Waals surface area (Å²) in [5.41, 5.74) is -9.06. The first-order valence-electron chi connectivity index (χ1n) is 16.6. The molecule has 1 atom stereocenters. The van der Waals surface area contributed by atoms with Gasteiger partial charge in [0.1, 0.15) is 41.0 Å². The summed E-state index contributed by atoms with van der Waals surface area (Å²) in [5.74, 6) is -44.5. The van der Waals surface area contributed by atoms with Crippen LogP contribution >= 0.6 is 7.26 Å². The third-order valence-electron chi connectivity index (χ3n) is 10.4. The third kappa shape index (κ3) is 6.54. The molecule has 0 spiro atoms. The Hall–Kier alpha value is -2.90. The molecule has 0 aliphatic carbocycles. The number of unbranched alkanes of at least 4 members (excludes halogenated alkanes) is 1. The third-order valence-corrected chi connectivity index (χ3v) is 18.4. The number of rotatable bonds is 9. The molecule has 0 saturated carbocycles. The van der Waals surface area contributed by atoms with Crippen molar-refractivity contribution < 1.29 is 65.9 Å². The molecule has 3 aromatic rings. The van der Waals surface area contributed by atoms with Gasteiger partial charge in [0.25, 0.3) is 0 Å². The van der Waals surface area contributed by atoms with E-state index in [2.05, 4.69) is 0 Å². The molecule has 0 N–H and O–H groups in total. The fraction of sp³-hybridized carbons (Fsp3) is 0.500. The van der Waals surface area contributed by atoms with E-state index in [1.807, 2.05) is 0 Å². The lowest BCUT2D eigenvalue weighted by Gasteiger charge is -2.60. The zero-order chi connectivity index (χ0) is 41.3. The van der Waals surface area contributed by atoms with Crippen molar-refractivity contribution in [2.45, 2.75) is 116 Å². The van der Waals surface area contributed by atoms with Gasteiger partial charge in [-0.05, 0) is 75.2 Å². The fourth-order valence-corrected chi connectivity index (χ4v) is 20.5. The Balaban J connectivity index is 3.06. The average molecular weight is 798 g/mol. The van der Waals surface area contributed by atoms with Crippen molar-refractivity contribution in [1.82, 2.24) is 0 Å². The highest BCUT2D eigenvalue weighted by Crippen LogP contribution is 2.87. The molecular weight excluding hydrogens is 759 g/mol. The van der Waals surface area contributed by atoms with Crippen LogP contribution in [0.5, 0.6) is 0 Å². The number of hydrogen-bond acceptors (Lipinski definition) is 0. The van der Waals surface area contributed by atoms with E-state index < -0.39 is 145 Å². The van der Waals surface area contributed by atoms with Crippen LogP contribution in [-0.2, 0) is 0 Å². The highest BCUT2D eigenvalue weighted by Gasteiger charge is 2.68. The molecule has 0 amide bonds. The van der Waals surface area contributed by atoms with Crippen LogP contribution in [0.3, 0.4) is 0 Å². The SMILES string of the molecule is CCCCC(C[B-](c1c(F)c(F)c(F)c(F)c1F)(c1c(F)c(F)c(F)c(F)c1F)c1c(F)c(F)c(F)c(F)c1F)[P+](C(C)(C)C)(C(C)(C)C)C(C)(C)C. The second-order valence-corrected chi connectivity index (χ2v) is 22.5. The molecule has 0 heterocycles. The van der Waals surface area contributed by atoms with Crippen molar-refractivity contribution in [2.75, 3.05) is 0 Å². The maximum absolute atomic E-state index is 16.3. The largest absolute Gasteiger partial charge is 0.207 e. The highest BCUT2D eigenvalue weighted by atomic mass is 31.2. The summed E-state index contributed by atoms with van der Waals surface area (Å²) in [4.78, 5) is 0. The van der Waals surface area contributed by atoms with Gasteiger partial charge in [-0.3, -0.25) is 0 Å². The number of hydrogen-bond donors (Lipinski definition) is 0. The smallest absolute Gasteiger partial charge is 0.200 e. The standard InChI is InChI=1S/C36H39BF15P/c1-11-12-13-15(53(34(2,3)4,35(5,6)7)36(8,9)10)14-37(16-19(38)25(44)31(50)26(45)20(16)39,17-21(40)27(46)32(51)28(47)22(17)41)18-23(42)29(48)33(52)30(49)24(18)43/h15H,11-14H2,1-10H3. The highest BCUT2D eigenvalue weighted by molar-refractivity contribution is 7.80. The van der Waals surface area contributed by atoms with Crippen molar-refractivity contribution in [3.8, 4) is 0 Å². The molecule has 0 aliphatic heterocycles. The monoisotopic (exact) mass is 798 g/mol. The Kier molecular flexibility index (Phi) is 12.3. The Labute approximate surface area is 298 Å². The van der Waals surface area contributed by atoms with Crippen LogP contribution in [0.25, 0.3) is 0 Å². The zero-order valence-electron chi connectivity index (χ0n) is 30.6. The van der Waals surface area contributed by atoms with E-state index in [0.717, 1.165) is 0 Å². The van der Waals surface area contributed by atoms with Crippen molar-refractivity contribution in [1.29, 1.82) is 0 Å². The van der Waals surface area contributed by atoms with Crippen LogP contribution in [0.1, 0.15) is 88.5 Å². The number of halogens is 15. The van der Waals surface area contributed by atoms with Gasteiger partial charge in [-0.25, -0.2) is 65.9 Å². The van der Waals surface area contributed by atoms with Crippen LogP contribution in [0, 0.1) is 87.3 Å². The second kappa shape index (κ2) is 14.6. The van der Waals surface area contributed by atoms with Crippen LogP contribution in [-0.4, -0.2) is 27.3 Å². The van der Waals surface area contributed by atoms with E-state index in [4.69, 9.17) is 0 Å². The van der Waals surface area contributed by atoms with Gasteiger partial charge in [0.2, 0.25) is 0 Å². The molecule has 296 valence electrons. The molecule has 17 heteroatoms. The van der Waals surface area contributed by atoms with E-state index in [1.54, 1.807) is 69.2 Å². The zero-order valence-corrected chi connectivity index (χ0v) is 31.5. The summed E-state index contributed by atoms with van der Waals surface area (Å²) < 4.78 is 233. The molecule has 0 nitrogen and oxygen atoms in total. The quantitative estimate of drug-likeness (QED) is 0.0665. The predicted octanol–water partition coefficient (Wildman–Crippen LogP) is 11.2. The van der Waals surface area contributed by atoms with E-state index in [1.165, 1.54) is 0 Å². The summed E-state index contributed by atoms with van der Waals surface area (Å²) in [6.45, 7) is 16.8. The molecule has 0 fully saturated rings. The van der Waals surface area contributed by atoms with Crippen LogP contribution in [0.4, 0.5) is 65.9 Å². The number of benzene rings is 3. The van der Waals surface area contributed by atoms with Crippen LogP contribution < -0.4 is 16.4 Å². The van der Waals surface area contributed by atoms with Gasteiger partial charge in [0, 0.05) is 12.9 Å². The Morgan fingerprint density at radius 2 is 0.604 bits per heavy atom. The van der Waals surface area contributed by atoms with Gasteiger partial charge in [0.05, 0.1) is 15.5 Å². The van der Waals surface area contributed by atoms with E-state index in [-0.39, 0.29) is 19.3 Å². The normalized spacial score (nSPS) is 14.0. The second-order valence-electron chi connectivity index (χ2n) is 16.3. The molecule has 3 rings (SSSR count). The minimum absolute atomic E-state index is 0.0894. The predicted molar refractivity (Wildman–Crippen MR) is 178 cm³/mol. The lowest BCUT2D eigenvalue weighted by molar-refractivity contribution is 0.379. The van der Waals surface area contributed by atoms with Crippen molar-refractivity contribution in [3.05, 3.63) is 87.3 Å². The van der Waals surface area contributed by atoms with Gasteiger partial charge >= 0.3 is 0 Å². The first kappa shape index (κ1) is 44.5. The summed E-state index contributed by atoms with van der Waals surface area (Å²) in [6, 6.07) is 0. The molecule has 53 heavy (non-hydrogen) atoms. The first-order valence-corrected chi connectivity index (χ1v) is 18.4. The average Bonchev–Trinajstić information content (AvgIpc) is 3.03. The fourth-order valence-electron chi connectivity index (χ4n) is 9.93. The van der Waals surface area contributed by atoms with E-state index in [9.17, 15) is 13.2 Å². The molecule has 0 aliphatic rings. The van der Waals surface area contributed by atoms with Gasteiger partial charge in [-0.2, -0.15) is 0 Å². The topological polar surface area (TPSA) is 0 Å². The van der Waals surface area contributed by atoms with Gasteiger partial charge < -0.3 is 0 Å². The minimum Gasteiger partial charge on any atom is -0.207 e. The summed E-state index contributed by atoms with van der Waals surface area (Å²) >= 11 is 0.